The van der Waals surface area contributed by atoms with Crippen LogP contribution in [0.1, 0.15) is 45.7 Å². The fourth-order valence-electron chi connectivity index (χ4n) is 4.78. The molecule has 1 heterocycles. The van der Waals surface area contributed by atoms with Gasteiger partial charge in [-0.2, -0.15) is 13.2 Å². The first-order chi connectivity index (χ1) is 17.2. The maximum Gasteiger partial charge on any atom is 0.416 e. The number of anilines is 1. The van der Waals surface area contributed by atoms with Crippen LogP contribution < -0.4 is 5.32 Å². The van der Waals surface area contributed by atoms with E-state index in [1.54, 1.807) is 0 Å². The van der Waals surface area contributed by atoms with Crippen LogP contribution in [-0.2, 0) is 31.0 Å². The number of rotatable bonds is 6. The van der Waals surface area contributed by atoms with Gasteiger partial charge >= 0.3 is 6.18 Å². The molecule has 0 amide bonds. The third-order valence-electron chi connectivity index (χ3n) is 6.53. The van der Waals surface area contributed by atoms with Crippen molar-refractivity contribution in [2.75, 3.05) is 5.32 Å². The molecule has 0 radical (unpaired) electrons. The summed E-state index contributed by atoms with van der Waals surface area (Å²) in [6, 6.07) is 17.4. The van der Waals surface area contributed by atoms with Crippen molar-refractivity contribution < 1.29 is 22.0 Å². The number of benzene rings is 3. The van der Waals surface area contributed by atoms with Crippen LogP contribution in [0.5, 0.6) is 0 Å². The van der Waals surface area contributed by atoms with Crippen molar-refractivity contribution in [2.24, 2.45) is 0 Å². The molecule has 1 aromatic heterocycles. The molecule has 1 unspecified atom stereocenters. The summed E-state index contributed by atoms with van der Waals surface area (Å²) in [6.45, 7) is 0. The van der Waals surface area contributed by atoms with Crippen LogP contribution in [-0.4, -0.2) is 4.98 Å². The Labute approximate surface area is 209 Å². The fourth-order valence-corrected chi connectivity index (χ4v) is 5.91. The summed E-state index contributed by atoms with van der Waals surface area (Å²) in [7, 11) is 0. The number of nitrogens with zero attached hydrogens (tertiary/aromatic N) is 1. The van der Waals surface area contributed by atoms with E-state index in [0.717, 1.165) is 54.0 Å². The average Bonchev–Trinajstić information content (AvgIpc) is 3.26. The molecule has 0 bridgehead atoms. The zero-order valence-electron chi connectivity index (χ0n) is 19.2. The Bertz CT molecular complexity index is 1330. The van der Waals surface area contributed by atoms with Gasteiger partial charge in [0.25, 0.3) is 0 Å². The van der Waals surface area contributed by atoms with Crippen molar-refractivity contribution in [2.45, 2.75) is 43.8 Å². The van der Waals surface area contributed by atoms with Crippen molar-refractivity contribution in [1.82, 2.24) is 4.98 Å². The first-order valence-electron chi connectivity index (χ1n) is 11.7. The highest BCUT2D eigenvalue weighted by Crippen LogP contribution is 2.42. The molecule has 8 heteroatoms. The van der Waals surface area contributed by atoms with E-state index in [4.69, 9.17) is 4.98 Å². The molecule has 0 spiro atoms. The molecule has 0 fully saturated rings. The number of aromatic nitrogens is 1. The molecule has 1 N–H and O–H groups in total. The van der Waals surface area contributed by atoms with Crippen LogP contribution >= 0.6 is 11.3 Å². The quantitative estimate of drug-likeness (QED) is 0.265. The van der Waals surface area contributed by atoms with Crippen LogP contribution in [0.15, 0.2) is 72.8 Å². The zero-order valence-corrected chi connectivity index (χ0v) is 20.0. The second kappa shape index (κ2) is 9.65. The molecule has 36 heavy (non-hydrogen) atoms. The maximum absolute atomic E-state index is 14.7. The predicted octanol–water partition coefficient (Wildman–Crippen LogP) is 7.92. The van der Waals surface area contributed by atoms with Crippen molar-refractivity contribution in [3.05, 3.63) is 117 Å². The minimum absolute atomic E-state index is 0.0819. The molecule has 0 saturated heterocycles. The van der Waals surface area contributed by atoms with Gasteiger partial charge in [-0.3, -0.25) is 0 Å². The number of halogens is 5. The number of alkyl halides is 3. The Kier molecular flexibility index (Phi) is 6.55. The van der Waals surface area contributed by atoms with Gasteiger partial charge < -0.3 is 5.32 Å². The largest absolute Gasteiger partial charge is 0.416 e. The normalized spacial score (nSPS) is 15.2. The van der Waals surface area contributed by atoms with E-state index >= 15 is 0 Å². The van der Waals surface area contributed by atoms with E-state index in [9.17, 15) is 22.0 Å². The highest BCUT2D eigenvalue weighted by Gasteiger charge is 2.39. The molecule has 1 aliphatic carbocycles. The molecular weight excluding hydrogens is 491 g/mol. The molecule has 5 rings (SSSR count). The van der Waals surface area contributed by atoms with Gasteiger partial charge in [0.15, 0.2) is 5.13 Å². The molecular formula is C28H23F5N2S. The van der Waals surface area contributed by atoms with Gasteiger partial charge in [0.1, 0.15) is 11.6 Å². The number of nitrogens with one attached hydrogen (secondary N) is 1. The summed E-state index contributed by atoms with van der Waals surface area (Å²) < 4.78 is 69.9. The van der Waals surface area contributed by atoms with Gasteiger partial charge in [-0.25, -0.2) is 13.8 Å². The SMILES string of the molecule is Fc1ccc(C(Cc2ccccc2)(Nc2nc3c(s2)CCCC3)c2cc(F)cc(C(F)(F)F)c2)cc1. The lowest BCUT2D eigenvalue weighted by molar-refractivity contribution is -0.137. The average molecular weight is 515 g/mol. The van der Waals surface area contributed by atoms with E-state index in [1.807, 2.05) is 30.3 Å². The molecule has 1 atom stereocenters. The summed E-state index contributed by atoms with van der Waals surface area (Å²) in [5.74, 6) is -1.48. The number of hydrogen-bond acceptors (Lipinski definition) is 3. The fraction of sp³-hybridized carbons (Fsp3) is 0.250. The second-order valence-electron chi connectivity index (χ2n) is 9.02. The third kappa shape index (κ3) is 5.00. The minimum atomic E-state index is -4.74. The van der Waals surface area contributed by atoms with E-state index in [0.29, 0.717) is 16.8 Å². The Morgan fingerprint density at radius 1 is 0.778 bits per heavy atom. The third-order valence-corrected chi connectivity index (χ3v) is 7.61. The lowest BCUT2D eigenvalue weighted by Gasteiger charge is -2.37. The Balaban J connectivity index is 1.74. The van der Waals surface area contributed by atoms with Gasteiger partial charge in [-0.1, -0.05) is 42.5 Å². The standard InChI is InChI=1S/C28H23F5N2S/c29-22-12-10-19(11-13-22)27(17-18-6-2-1-3-7-18,20-14-21(28(31,32)33)16-23(30)15-20)35-26-34-24-8-4-5-9-25(24)36-26/h1-3,6-7,10-16H,4-5,8-9,17H2,(H,34,35). The van der Waals surface area contributed by atoms with Crippen LogP contribution in [0, 0.1) is 11.6 Å². The summed E-state index contributed by atoms with van der Waals surface area (Å²) >= 11 is 1.47. The monoisotopic (exact) mass is 514 g/mol. The van der Waals surface area contributed by atoms with Crippen molar-refractivity contribution >= 4 is 16.5 Å². The first-order valence-corrected chi connectivity index (χ1v) is 12.5. The highest BCUT2D eigenvalue weighted by molar-refractivity contribution is 7.15. The number of aryl methyl sites for hydroxylation is 2. The molecule has 0 aliphatic heterocycles. The molecule has 3 aromatic carbocycles. The van der Waals surface area contributed by atoms with E-state index < -0.39 is 28.9 Å². The van der Waals surface area contributed by atoms with E-state index in [2.05, 4.69) is 5.32 Å². The smallest absolute Gasteiger partial charge is 0.348 e. The van der Waals surface area contributed by atoms with Gasteiger partial charge in [-0.05, 0) is 72.7 Å². The molecule has 186 valence electrons. The Morgan fingerprint density at radius 3 is 2.17 bits per heavy atom. The Morgan fingerprint density at radius 2 is 1.47 bits per heavy atom. The summed E-state index contributed by atoms with van der Waals surface area (Å²) in [6.07, 6.45) is -0.728. The predicted molar refractivity (Wildman–Crippen MR) is 131 cm³/mol. The van der Waals surface area contributed by atoms with Crippen molar-refractivity contribution in [1.29, 1.82) is 0 Å². The minimum Gasteiger partial charge on any atom is -0.348 e. The van der Waals surface area contributed by atoms with Gasteiger partial charge in [0.05, 0.1) is 16.8 Å². The van der Waals surface area contributed by atoms with Crippen molar-refractivity contribution in [3.8, 4) is 0 Å². The van der Waals surface area contributed by atoms with Crippen molar-refractivity contribution in [3.63, 3.8) is 0 Å². The maximum atomic E-state index is 14.7. The van der Waals surface area contributed by atoms with Gasteiger partial charge in [0, 0.05) is 11.3 Å². The van der Waals surface area contributed by atoms with Crippen LogP contribution in [0.4, 0.5) is 27.1 Å². The summed E-state index contributed by atoms with van der Waals surface area (Å²) in [5, 5.41) is 3.95. The van der Waals surface area contributed by atoms with Gasteiger partial charge in [-0.15, -0.1) is 11.3 Å². The number of fused-ring (bicyclic) bond motifs is 1. The van der Waals surface area contributed by atoms with E-state index in [1.165, 1.54) is 35.6 Å². The van der Waals surface area contributed by atoms with Gasteiger partial charge in [0.2, 0.25) is 0 Å². The molecule has 1 aliphatic rings. The topological polar surface area (TPSA) is 24.9 Å². The first kappa shape index (κ1) is 24.4. The highest BCUT2D eigenvalue weighted by atomic mass is 32.1. The summed E-state index contributed by atoms with van der Waals surface area (Å²) in [5.41, 5.74) is -0.0574. The van der Waals surface area contributed by atoms with Crippen LogP contribution in [0.3, 0.4) is 0 Å². The van der Waals surface area contributed by atoms with Crippen LogP contribution in [0.2, 0.25) is 0 Å². The Hall–Kier alpha value is -3.26. The number of thiazole rings is 1. The lowest BCUT2D eigenvalue weighted by atomic mass is 9.77. The number of hydrogen-bond donors (Lipinski definition) is 1. The lowest BCUT2D eigenvalue weighted by Crippen LogP contribution is -2.39. The van der Waals surface area contributed by atoms with Crippen LogP contribution in [0.25, 0.3) is 0 Å². The molecule has 4 aromatic rings. The molecule has 2 nitrogen and oxygen atoms in total. The second-order valence-corrected chi connectivity index (χ2v) is 10.1. The summed E-state index contributed by atoms with van der Waals surface area (Å²) in [4.78, 5) is 5.90. The molecule has 0 saturated carbocycles. The zero-order chi connectivity index (χ0) is 25.3. The van der Waals surface area contributed by atoms with E-state index in [-0.39, 0.29) is 12.0 Å².